The van der Waals surface area contributed by atoms with E-state index in [9.17, 15) is 14.0 Å². The standard InChI is InChI=1S/C20H24FN5O2/c1-14(27)24-16-5-6-17(21)18(12-16)25-20(28)23-13-15-7-8-22-19(11-15)26-9-3-2-4-10-26/h5-8,11-12H,2-4,9-10,13H2,1H3,(H,24,27)(H2,23,25,28). The summed E-state index contributed by atoms with van der Waals surface area (Å²) in [5.74, 6) is 0.0539. The fourth-order valence-electron chi connectivity index (χ4n) is 3.12. The number of benzene rings is 1. The molecule has 148 valence electrons. The van der Waals surface area contributed by atoms with Gasteiger partial charge in [0.25, 0.3) is 0 Å². The molecule has 1 saturated heterocycles. The van der Waals surface area contributed by atoms with Gasteiger partial charge in [-0.25, -0.2) is 14.2 Å². The number of piperidine rings is 1. The molecule has 8 heteroatoms. The first-order valence-electron chi connectivity index (χ1n) is 9.33. The zero-order chi connectivity index (χ0) is 19.9. The number of pyridine rings is 1. The van der Waals surface area contributed by atoms with E-state index in [0.29, 0.717) is 12.2 Å². The van der Waals surface area contributed by atoms with Crippen molar-refractivity contribution < 1.29 is 14.0 Å². The molecule has 0 bridgehead atoms. The number of hydrogen-bond acceptors (Lipinski definition) is 4. The summed E-state index contributed by atoms with van der Waals surface area (Å²) in [6.07, 6.45) is 5.30. The van der Waals surface area contributed by atoms with E-state index in [1.54, 1.807) is 6.20 Å². The lowest BCUT2D eigenvalue weighted by atomic mass is 10.1. The van der Waals surface area contributed by atoms with Gasteiger partial charge < -0.3 is 20.9 Å². The van der Waals surface area contributed by atoms with Crippen LogP contribution in [0, 0.1) is 5.82 Å². The smallest absolute Gasteiger partial charge is 0.319 e. The van der Waals surface area contributed by atoms with Crippen LogP contribution in [0.1, 0.15) is 31.7 Å². The Morgan fingerprint density at radius 2 is 1.89 bits per heavy atom. The van der Waals surface area contributed by atoms with Crippen LogP contribution in [0.25, 0.3) is 0 Å². The van der Waals surface area contributed by atoms with Crippen molar-refractivity contribution in [2.24, 2.45) is 0 Å². The number of hydrogen-bond donors (Lipinski definition) is 3. The summed E-state index contributed by atoms with van der Waals surface area (Å²) in [7, 11) is 0. The highest BCUT2D eigenvalue weighted by Crippen LogP contribution is 2.20. The number of nitrogens with zero attached hydrogens (tertiary/aromatic N) is 2. The van der Waals surface area contributed by atoms with E-state index >= 15 is 0 Å². The van der Waals surface area contributed by atoms with Crippen molar-refractivity contribution in [1.82, 2.24) is 10.3 Å². The number of urea groups is 1. The maximum absolute atomic E-state index is 13.9. The molecule has 7 nitrogen and oxygen atoms in total. The van der Waals surface area contributed by atoms with E-state index in [1.165, 1.54) is 31.5 Å². The molecule has 2 aromatic rings. The number of halogens is 1. The van der Waals surface area contributed by atoms with Gasteiger partial charge in [0.05, 0.1) is 5.69 Å². The molecule has 3 rings (SSSR count). The fourth-order valence-corrected chi connectivity index (χ4v) is 3.12. The number of carbonyl (C=O) groups is 2. The minimum atomic E-state index is -0.583. The number of carbonyl (C=O) groups excluding carboxylic acids is 2. The molecule has 0 aliphatic carbocycles. The lowest BCUT2D eigenvalue weighted by molar-refractivity contribution is -0.114. The van der Waals surface area contributed by atoms with Gasteiger partial charge in [-0.05, 0) is 55.2 Å². The summed E-state index contributed by atoms with van der Waals surface area (Å²) < 4.78 is 13.9. The Balaban J connectivity index is 1.58. The third-order valence-electron chi connectivity index (χ3n) is 4.48. The first kappa shape index (κ1) is 19.6. The van der Waals surface area contributed by atoms with Crippen LogP contribution in [-0.4, -0.2) is 30.0 Å². The van der Waals surface area contributed by atoms with Gasteiger partial charge in [0.15, 0.2) is 0 Å². The highest BCUT2D eigenvalue weighted by atomic mass is 19.1. The molecule has 0 spiro atoms. The highest BCUT2D eigenvalue weighted by Gasteiger charge is 2.13. The third kappa shape index (κ3) is 5.42. The number of aromatic nitrogens is 1. The van der Waals surface area contributed by atoms with E-state index in [4.69, 9.17) is 0 Å². The molecule has 0 unspecified atom stereocenters. The van der Waals surface area contributed by atoms with Gasteiger partial charge >= 0.3 is 6.03 Å². The Morgan fingerprint density at radius 1 is 1.11 bits per heavy atom. The Kier molecular flexibility index (Phi) is 6.41. The number of anilines is 3. The summed E-state index contributed by atoms with van der Waals surface area (Å²) in [5, 5.41) is 7.74. The maximum Gasteiger partial charge on any atom is 0.319 e. The predicted molar refractivity (Wildman–Crippen MR) is 107 cm³/mol. The Morgan fingerprint density at radius 3 is 2.64 bits per heavy atom. The normalized spacial score (nSPS) is 13.7. The number of nitrogens with one attached hydrogen (secondary N) is 3. The molecule has 0 radical (unpaired) electrons. The molecule has 1 aromatic heterocycles. The molecule has 28 heavy (non-hydrogen) atoms. The molecule has 2 heterocycles. The SMILES string of the molecule is CC(=O)Nc1ccc(F)c(NC(=O)NCc2ccnc(N3CCCCC3)c2)c1. The summed E-state index contributed by atoms with van der Waals surface area (Å²) in [5.41, 5.74) is 1.31. The Hall–Kier alpha value is -3.16. The van der Waals surface area contributed by atoms with Crippen LogP contribution < -0.4 is 20.9 Å². The van der Waals surface area contributed by atoms with Gasteiger partial charge in [0.2, 0.25) is 5.91 Å². The Labute approximate surface area is 163 Å². The van der Waals surface area contributed by atoms with Crippen molar-refractivity contribution in [2.45, 2.75) is 32.7 Å². The third-order valence-corrected chi connectivity index (χ3v) is 4.48. The molecule has 1 aromatic carbocycles. The lowest BCUT2D eigenvalue weighted by Crippen LogP contribution is -2.31. The largest absolute Gasteiger partial charge is 0.357 e. The van der Waals surface area contributed by atoms with E-state index in [-0.39, 0.29) is 11.6 Å². The monoisotopic (exact) mass is 385 g/mol. The van der Waals surface area contributed by atoms with Crippen LogP contribution >= 0.6 is 0 Å². The zero-order valence-corrected chi connectivity index (χ0v) is 15.8. The van der Waals surface area contributed by atoms with Crippen LogP contribution in [0.3, 0.4) is 0 Å². The average Bonchev–Trinajstić information content (AvgIpc) is 2.69. The van der Waals surface area contributed by atoms with Crippen LogP contribution in [0.5, 0.6) is 0 Å². The fraction of sp³-hybridized carbons (Fsp3) is 0.350. The van der Waals surface area contributed by atoms with Crippen molar-refractivity contribution in [1.29, 1.82) is 0 Å². The highest BCUT2D eigenvalue weighted by molar-refractivity contribution is 5.92. The van der Waals surface area contributed by atoms with Crippen LogP contribution in [0.15, 0.2) is 36.5 Å². The zero-order valence-electron chi connectivity index (χ0n) is 15.8. The minimum absolute atomic E-state index is 0.00696. The lowest BCUT2D eigenvalue weighted by Gasteiger charge is -2.27. The molecular weight excluding hydrogens is 361 g/mol. The Bertz CT molecular complexity index is 852. The van der Waals surface area contributed by atoms with E-state index < -0.39 is 11.8 Å². The van der Waals surface area contributed by atoms with Gasteiger partial charge in [-0.2, -0.15) is 0 Å². The summed E-state index contributed by atoms with van der Waals surface area (Å²) in [4.78, 5) is 29.9. The quantitative estimate of drug-likeness (QED) is 0.735. The van der Waals surface area contributed by atoms with Gasteiger partial charge in [0.1, 0.15) is 11.6 Å². The molecule has 1 aliphatic heterocycles. The van der Waals surface area contributed by atoms with Gasteiger partial charge in [-0.3, -0.25) is 4.79 Å². The minimum Gasteiger partial charge on any atom is -0.357 e. The van der Waals surface area contributed by atoms with Gasteiger partial charge in [-0.1, -0.05) is 0 Å². The number of rotatable bonds is 5. The molecule has 1 fully saturated rings. The van der Waals surface area contributed by atoms with Crippen molar-refractivity contribution >= 4 is 29.1 Å². The molecule has 3 N–H and O–H groups in total. The molecular formula is C20H24FN5O2. The van der Waals surface area contributed by atoms with E-state index in [2.05, 4.69) is 25.8 Å². The molecule has 3 amide bonds. The van der Waals surface area contributed by atoms with Crippen LogP contribution in [0.4, 0.5) is 26.4 Å². The predicted octanol–water partition coefficient (Wildman–Crippen LogP) is 3.49. The molecule has 0 saturated carbocycles. The van der Waals surface area contributed by atoms with E-state index in [0.717, 1.165) is 37.3 Å². The van der Waals surface area contributed by atoms with Gasteiger partial charge in [0, 0.05) is 38.4 Å². The second kappa shape index (κ2) is 9.16. The van der Waals surface area contributed by atoms with E-state index in [1.807, 2.05) is 12.1 Å². The first-order chi connectivity index (χ1) is 13.5. The second-order valence-electron chi connectivity index (χ2n) is 6.75. The molecule has 0 atom stereocenters. The van der Waals surface area contributed by atoms with Crippen molar-refractivity contribution in [3.8, 4) is 0 Å². The molecule has 1 aliphatic rings. The maximum atomic E-state index is 13.9. The van der Waals surface area contributed by atoms with Crippen molar-refractivity contribution in [2.75, 3.05) is 28.6 Å². The first-order valence-corrected chi connectivity index (χ1v) is 9.33. The average molecular weight is 385 g/mol. The van der Waals surface area contributed by atoms with Gasteiger partial charge in [-0.15, -0.1) is 0 Å². The summed E-state index contributed by atoms with van der Waals surface area (Å²) in [6, 6.07) is 7.26. The van der Waals surface area contributed by atoms with Crippen molar-refractivity contribution in [3.63, 3.8) is 0 Å². The van der Waals surface area contributed by atoms with Crippen LogP contribution in [0.2, 0.25) is 0 Å². The summed E-state index contributed by atoms with van der Waals surface area (Å²) >= 11 is 0. The van der Waals surface area contributed by atoms with Crippen molar-refractivity contribution in [3.05, 3.63) is 47.9 Å². The topological polar surface area (TPSA) is 86.4 Å². The number of amides is 3. The second-order valence-corrected chi connectivity index (χ2v) is 6.75. The summed E-state index contributed by atoms with van der Waals surface area (Å²) in [6.45, 7) is 3.64. The van der Waals surface area contributed by atoms with Crippen LogP contribution in [-0.2, 0) is 11.3 Å².